The Morgan fingerprint density at radius 2 is 2.21 bits per heavy atom. The van der Waals surface area contributed by atoms with Crippen LogP contribution < -0.4 is 0 Å². The van der Waals surface area contributed by atoms with Gasteiger partial charge in [-0.2, -0.15) is 5.26 Å². The Labute approximate surface area is 86.3 Å². The number of nitrogens with zero attached hydrogens (tertiary/aromatic N) is 2. The molecule has 3 nitrogen and oxygen atoms in total. The molecule has 1 aliphatic heterocycles. The SMILES string of the molecule is N#CCCCCN1CCCCC1CO. The predicted octanol–water partition coefficient (Wildman–Crippen LogP) is 1.53. The molecule has 1 N–H and O–H groups in total. The van der Waals surface area contributed by atoms with Gasteiger partial charge in [-0.15, -0.1) is 0 Å². The van der Waals surface area contributed by atoms with Crippen LogP contribution in [0.25, 0.3) is 0 Å². The van der Waals surface area contributed by atoms with Crippen molar-refractivity contribution in [2.24, 2.45) is 0 Å². The zero-order chi connectivity index (χ0) is 10.2. The summed E-state index contributed by atoms with van der Waals surface area (Å²) in [5, 5.41) is 17.6. The fourth-order valence-electron chi connectivity index (χ4n) is 2.08. The maximum atomic E-state index is 9.17. The summed E-state index contributed by atoms with van der Waals surface area (Å²) in [5.74, 6) is 0. The molecule has 80 valence electrons. The molecule has 0 radical (unpaired) electrons. The van der Waals surface area contributed by atoms with Crippen molar-refractivity contribution in [2.75, 3.05) is 19.7 Å². The van der Waals surface area contributed by atoms with Crippen LogP contribution in [0.1, 0.15) is 38.5 Å². The van der Waals surface area contributed by atoms with Gasteiger partial charge in [-0.3, -0.25) is 4.90 Å². The average molecular weight is 196 g/mol. The molecule has 1 fully saturated rings. The van der Waals surface area contributed by atoms with E-state index in [1.54, 1.807) is 0 Å². The molecule has 1 heterocycles. The topological polar surface area (TPSA) is 47.3 Å². The summed E-state index contributed by atoms with van der Waals surface area (Å²) in [7, 11) is 0. The molecule has 0 aliphatic carbocycles. The zero-order valence-corrected chi connectivity index (χ0v) is 8.78. The summed E-state index contributed by atoms with van der Waals surface area (Å²) in [5.41, 5.74) is 0. The predicted molar refractivity (Wildman–Crippen MR) is 55.8 cm³/mol. The molecular weight excluding hydrogens is 176 g/mol. The van der Waals surface area contributed by atoms with Crippen molar-refractivity contribution in [2.45, 2.75) is 44.6 Å². The number of hydrogen-bond acceptors (Lipinski definition) is 3. The van der Waals surface area contributed by atoms with Gasteiger partial charge in [-0.05, 0) is 38.8 Å². The van der Waals surface area contributed by atoms with Crippen molar-refractivity contribution in [3.8, 4) is 6.07 Å². The molecule has 0 saturated carbocycles. The van der Waals surface area contributed by atoms with Crippen molar-refractivity contribution in [3.63, 3.8) is 0 Å². The Hall–Kier alpha value is -0.590. The summed E-state index contributed by atoms with van der Waals surface area (Å²) >= 11 is 0. The molecule has 1 rings (SSSR count). The summed E-state index contributed by atoms with van der Waals surface area (Å²) < 4.78 is 0. The number of aliphatic hydroxyl groups excluding tert-OH is 1. The molecular formula is C11H20N2O. The van der Waals surface area contributed by atoms with Gasteiger partial charge < -0.3 is 5.11 Å². The van der Waals surface area contributed by atoms with Crippen LogP contribution in [-0.4, -0.2) is 35.7 Å². The van der Waals surface area contributed by atoms with E-state index in [9.17, 15) is 5.11 Å². The van der Waals surface area contributed by atoms with Crippen molar-refractivity contribution >= 4 is 0 Å². The van der Waals surface area contributed by atoms with Crippen molar-refractivity contribution in [1.82, 2.24) is 4.90 Å². The summed E-state index contributed by atoms with van der Waals surface area (Å²) in [6, 6.07) is 2.54. The number of likely N-dealkylation sites (tertiary alicyclic amines) is 1. The maximum Gasteiger partial charge on any atom is 0.0621 e. The quantitative estimate of drug-likeness (QED) is 0.678. The van der Waals surface area contributed by atoms with E-state index in [1.165, 1.54) is 12.8 Å². The first-order chi connectivity index (χ1) is 6.88. The Morgan fingerprint density at radius 3 is 2.93 bits per heavy atom. The molecule has 0 aromatic rings. The number of aliphatic hydroxyl groups is 1. The van der Waals surface area contributed by atoms with E-state index < -0.39 is 0 Å². The van der Waals surface area contributed by atoms with E-state index >= 15 is 0 Å². The fraction of sp³-hybridized carbons (Fsp3) is 0.909. The Bertz CT molecular complexity index is 188. The number of hydrogen-bond donors (Lipinski definition) is 1. The van der Waals surface area contributed by atoms with Crippen LogP contribution in [0.15, 0.2) is 0 Å². The van der Waals surface area contributed by atoms with E-state index in [0.717, 1.165) is 32.4 Å². The number of rotatable bonds is 5. The lowest BCUT2D eigenvalue weighted by atomic mass is 10.0. The second-order valence-corrected chi connectivity index (χ2v) is 3.98. The van der Waals surface area contributed by atoms with Gasteiger partial charge in [0, 0.05) is 12.5 Å². The second kappa shape index (κ2) is 6.80. The minimum atomic E-state index is 0.290. The minimum absolute atomic E-state index is 0.290. The van der Waals surface area contributed by atoms with Gasteiger partial charge in [-0.1, -0.05) is 6.42 Å². The number of unbranched alkanes of at least 4 members (excludes halogenated alkanes) is 2. The second-order valence-electron chi connectivity index (χ2n) is 3.98. The van der Waals surface area contributed by atoms with E-state index in [0.29, 0.717) is 12.5 Å². The van der Waals surface area contributed by atoms with Crippen molar-refractivity contribution < 1.29 is 5.11 Å². The molecule has 0 aromatic heterocycles. The van der Waals surface area contributed by atoms with Gasteiger partial charge in [0.25, 0.3) is 0 Å². The Morgan fingerprint density at radius 1 is 1.36 bits per heavy atom. The Balaban J connectivity index is 2.17. The highest BCUT2D eigenvalue weighted by molar-refractivity contribution is 4.76. The lowest BCUT2D eigenvalue weighted by Crippen LogP contribution is -2.42. The summed E-state index contributed by atoms with van der Waals surface area (Å²) in [6.45, 7) is 2.46. The first kappa shape index (κ1) is 11.5. The zero-order valence-electron chi connectivity index (χ0n) is 8.78. The largest absolute Gasteiger partial charge is 0.395 e. The summed E-state index contributed by atoms with van der Waals surface area (Å²) in [4.78, 5) is 2.38. The van der Waals surface area contributed by atoms with E-state index in [4.69, 9.17) is 5.26 Å². The van der Waals surface area contributed by atoms with E-state index in [1.807, 2.05) is 0 Å². The first-order valence-electron chi connectivity index (χ1n) is 5.60. The number of nitriles is 1. The molecule has 1 aliphatic rings. The molecule has 0 aromatic carbocycles. The van der Waals surface area contributed by atoms with Crippen LogP contribution in [0.3, 0.4) is 0 Å². The van der Waals surface area contributed by atoms with Gasteiger partial charge in [0.15, 0.2) is 0 Å². The standard InChI is InChI=1S/C11H20N2O/c12-7-3-1-4-8-13-9-5-2-6-11(13)10-14/h11,14H,1-6,8-10H2. The lowest BCUT2D eigenvalue weighted by Gasteiger charge is -2.34. The summed E-state index contributed by atoms with van der Waals surface area (Å²) in [6.07, 6.45) is 6.39. The molecule has 0 bridgehead atoms. The molecule has 14 heavy (non-hydrogen) atoms. The third-order valence-electron chi connectivity index (χ3n) is 2.94. The van der Waals surface area contributed by atoms with Crippen LogP contribution in [0.2, 0.25) is 0 Å². The van der Waals surface area contributed by atoms with Gasteiger partial charge in [0.05, 0.1) is 12.7 Å². The van der Waals surface area contributed by atoms with E-state index in [2.05, 4.69) is 11.0 Å². The molecule has 1 saturated heterocycles. The van der Waals surface area contributed by atoms with Crippen molar-refractivity contribution in [3.05, 3.63) is 0 Å². The monoisotopic (exact) mass is 196 g/mol. The van der Waals surface area contributed by atoms with E-state index in [-0.39, 0.29) is 6.61 Å². The lowest BCUT2D eigenvalue weighted by molar-refractivity contribution is 0.0889. The van der Waals surface area contributed by atoms with Crippen LogP contribution >= 0.6 is 0 Å². The highest BCUT2D eigenvalue weighted by atomic mass is 16.3. The highest BCUT2D eigenvalue weighted by Crippen LogP contribution is 2.17. The normalized spacial score (nSPS) is 23.3. The van der Waals surface area contributed by atoms with Crippen LogP contribution in [0.4, 0.5) is 0 Å². The maximum absolute atomic E-state index is 9.17. The third-order valence-corrected chi connectivity index (χ3v) is 2.94. The average Bonchev–Trinajstić information content (AvgIpc) is 2.25. The van der Waals surface area contributed by atoms with Crippen molar-refractivity contribution in [1.29, 1.82) is 5.26 Å². The highest BCUT2D eigenvalue weighted by Gasteiger charge is 2.20. The van der Waals surface area contributed by atoms with Crippen LogP contribution in [-0.2, 0) is 0 Å². The van der Waals surface area contributed by atoms with Gasteiger partial charge >= 0.3 is 0 Å². The third kappa shape index (κ3) is 3.65. The number of piperidine rings is 1. The fourth-order valence-corrected chi connectivity index (χ4v) is 2.08. The first-order valence-corrected chi connectivity index (χ1v) is 5.60. The molecule has 0 spiro atoms. The molecule has 1 atom stereocenters. The molecule has 0 amide bonds. The Kier molecular flexibility index (Phi) is 5.58. The van der Waals surface area contributed by atoms with Gasteiger partial charge in [0.1, 0.15) is 0 Å². The smallest absolute Gasteiger partial charge is 0.0621 e. The van der Waals surface area contributed by atoms with Gasteiger partial charge in [0.2, 0.25) is 0 Å². The minimum Gasteiger partial charge on any atom is -0.395 e. The van der Waals surface area contributed by atoms with Gasteiger partial charge in [-0.25, -0.2) is 0 Å². The van der Waals surface area contributed by atoms with Crippen LogP contribution in [0, 0.1) is 11.3 Å². The van der Waals surface area contributed by atoms with Crippen LogP contribution in [0.5, 0.6) is 0 Å². The molecule has 1 unspecified atom stereocenters. The molecule has 3 heteroatoms.